The Labute approximate surface area is 125 Å². The van der Waals surface area contributed by atoms with E-state index in [1.807, 2.05) is 6.07 Å². The maximum Gasteiger partial charge on any atom is 0.408 e. The van der Waals surface area contributed by atoms with Gasteiger partial charge in [0.05, 0.1) is 0 Å². The van der Waals surface area contributed by atoms with Gasteiger partial charge in [0.1, 0.15) is 5.60 Å². The Morgan fingerprint density at radius 2 is 2.00 bits per heavy atom. The van der Waals surface area contributed by atoms with Gasteiger partial charge in [-0.1, -0.05) is 12.1 Å². The third-order valence-electron chi connectivity index (χ3n) is 2.09. The molecule has 2 N–H and O–H groups in total. The highest BCUT2D eigenvalue weighted by Gasteiger charge is 2.25. The van der Waals surface area contributed by atoms with Gasteiger partial charge in [0, 0.05) is 3.57 Å². The molecule has 0 bridgehead atoms. The van der Waals surface area contributed by atoms with Crippen LogP contribution in [0.25, 0.3) is 0 Å². The van der Waals surface area contributed by atoms with E-state index in [0.717, 1.165) is 3.57 Å². The fraction of sp³-hybridized carbons (Fsp3) is 0.385. The molecule has 1 aromatic carbocycles. The van der Waals surface area contributed by atoms with E-state index in [2.05, 4.69) is 27.9 Å². The molecular formula is C13H16INO4. The predicted octanol–water partition coefficient (Wildman–Crippen LogP) is 2.94. The Hall–Kier alpha value is -1.31. The molecule has 1 aromatic rings. The number of aliphatic carboxylic acids is 1. The van der Waals surface area contributed by atoms with Crippen LogP contribution >= 0.6 is 22.6 Å². The second-order valence-corrected chi connectivity index (χ2v) is 6.22. The average molecular weight is 377 g/mol. The maximum absolute atomic E-state index is 11.6. The predicted molar refractivity (Wildman–Crippen MR) is 78.9 cm³/mol. The number of alkyl carbamates (subject to hydrolysis) is 1. The summed E-state index contributed by atoms with van der Waals surface area (Å²) in [5, 5.41) is 11.5. The van der Waals surface area contributed by atoms with E-state index in [9.17, 15) is 14.7 Å². The van der Waals surface area contributed by atoms with Crippen LogP contribution in [0.5, 0.6) is 0 Å². The number of carboxylic acids is 1. The molecule has 0 saturated heterocycles. The molecule has 0 saturated carbocycles. The zero-order valence-electron chi connectivity index (χ0n) is 10.9. The Kier molecular flexibility index (Phi) is 5.16. The quantitative estimate of drug-likeness (QED) is 0.795. The number of hydrogen-bond acceptors (Lipinski definition) is 3. The molecule has 5 nitrogen and oxygen atoms in total. The first-order valence-electron chi connectivity index (χ1n) is 5.67. The molecule has 19 heavy (non-hydrogen) atoms. The lowest BCUT2D eigenvalue weighted by atomic mass is 10.1. The normalized spacial score (nSPS) is 12.6. The minimum Gasteiger partial charge on any atom is -0.479 e. The Balaban J connectivity index is 2.85. The highest BCUT2D eigenvalue weighted by atomic mass is 127. The third-order valence-corrected chi connectivity index (χ3v) is 2.76. The molecule has 0 aromatic heterocycles. The number of carbonyl (C=O) groups excluding carboxylic acids is 1. The lowest BCUT2D eigenvalue weighted by Gasteiger charge is -2.22. The first-order valence-corrected chi connectivity index (χ1v) is 6.75. The first-order chi connectivity index (χ1) is 8.69. The highest BCUT2D eigenvalue weighted by molar-refractivity contribution is 14.1. The van der Waals surface area contributed by atoms with Crippen molar-refractivity contribution in [2.45, 2.75) is 32.4 Å². The van der Waals surface area contributed by atoms with Crippen LogP contribution < -0.4 is 5.32 Å². The second kappa shape index (κ2) is 6.23. The molecule has 0 aliphatic rings. The minimum atomic E-state index is -1.13. The molecule has 0 aliphatic carbocycles. The fourth-order valence-electron chi connectivity index (χ4n) is 1.40. The highest BCUT2D eigenvalue weighted by Crippen LogP contribution is 2.17. The number of nitrogens with one attached hydrogen (secondary N) is 1. The van der Waals surface area contributed by atoms with Gasteiger partial charge in [-0.15, -0.1) is 0 Å². The number of hydrogen-bond donors (Lipinski definition) is 2. The van der Waals surface area contributed by atoms with Crippen LogP contribution in [0.1, 0.15) is 32.4 Å². The van der Waals surface area contributed by atoms with Crippen LogP contribution in [0.3, 0.4) is 0 Å². The summed E-state index contributed by atoms with van der Waals surface area (Å²) in [6, 6.07) is 5.82. The lowest BCUT2D eigenvalue weighted by molar-refractivity contribution is -0.139. The Morgan fingerprint density at radius 3 is 2.47 bits per heavy atom. The summed E-state index contributed by atoms with van der Waals surface area (Å²) in [5.74, 6) is -1.13. The number of carboxylic acid groups (broad SMARTS) is 1. The largest absolute Gasteiger partial charge is 0.479 e. The summed E-state index contributed by atoms with van der Waals surface area (Å²) >= 11 is 2.08. The van der Waals surface area contributed by atoms with Crippen LogP contribution in [0, 0.1) is 3.57 Å². The van der Waals surface area contributed by atoms with Crippen LogP contribution in [0.4, 0.5) is 4.79 Å². The molecule has 1 rings (SSSR count). The van der Waals surface area contributed by atoms with Crippen molar-refractivity contribution in [2.75, 3.05) is 0 Å². The third kappa shape index (κ3) is 5.46. The van der Waals surface area contributed by atoms with Gasteiger partial charge in [-0.05, 0) is 61.1 Å². The van der Waals surface area contributed by atoms with Gasteiger partial charge in [-0.3, -0.25) is 0 Å². The minimum absolute atomic E-state index is 0.505. The molecular weight excluding hydrogens is 361 g/mol. The molecule has 104 valence electrons. The van der Waals surface area contributed by atoms with Gasteiger partial charge in [0.15, 0.2) is 6.04 Å². The summed E-state index contributed by atoms with van der Waals surface area (Å²) in [6.45, 7) is 5.15. The molecule has 1 atom stereocenters. The summed E-state index contributed by atoms with van der Waals surface area (Å²) in [4.78, 5) is 22.9. The smallest absolute Gasteiger partial charge is 0.408 e. The molecule has 1 amide bonds. The number of halogens is 1. The molecule has 6 heteroatoms. The number of carbonyl (C=O) groups is 2. The fourth-order valence-corrected chi connectivity index (χ4v) is 1.97. The first kappa shape index (κ1) is 15.7. The van der Waals surface area contributed by atoms with Gasteiger partial charge in [-0.2, -0.15) is 0 Å². The summed E-state index contributed by atoms with van der Waals surface area (Å²) < 4.78 is 5.95. The number of rotatable bonds is 3. The van der Waals surface area contributed by atoms with E-state index >= 15 is 0 Å². The van der Waals surface area contributed by atoms with Crippen LogP contribution in [0.15, 0.2) is 24.3 Å². The van der Waals surface area contributed by atoms with Crippen LogP contribution in [0.2, 0.25) is 0 Å². The van der Waals surface area contributed by atoms with E-state index in [-0.39, 0.29) is 0 Å². The van der Waals surface area contributed by atoms with Crippen molar-refractivity contribution >= 4 is 34.7 Å². The van der Waals surface area contributed by atoms with E-state index in [0.29, 0.717) is 5.56 Å². The van der Waals surface area contributed by atoms with Crippen molar-refractivity contribution in [3.05, 3.63) is 33.4 Å². The van der Waals surface area contributed by atoms with E-state index in [1.54, 1.807) is 39.0 Å². The van der Waals surface area contributed by atoms with Gasteiger partial charge in [-0.25, -0.2) is 9.59 Å². The van der Waals surface area contributed by atoms with Crippen LogP contribution in [-0.4, -0.2) is 22.8 Å². The Bertz CT molecular complexity index is 482. The van der Waals surface area contributed by atoms with Gasteiger partial charge in [0.25, 0.3) is 0 Å². The summed E-state index contributed by atoms with van der Waals surface area (Å²) in [6.07, 6.45) is -0.751. The van der Waals surface area contributed by atoms with E-state index < -0.39 is 23.7 Å². The molecule has 0 heterocycles. The monoisotopic (exact) mass is 377 g/mol. The second-order valence-electron chi connectivity index (χ2n) is 4.97. The van der Waals surface area contributed by atoms with Gasteiger partial charge in [0.2, 0.25) is 0 Å². The van der Waals surface area contributed by atoms with Crippen LogP contribution in [-0.2, 0) is 9.53 Å². The molecule has 0 aliphatic heterocycles. The number of amides is 1. The molecule has 0 unspecified atom stereocenters. The topological polar surface area (TPSA) is 75.6 Å². The van der Waals surface area contributed by atoms with Crippen molar-refractivity contribution in [3.8, 4) is 0 Å². The molecule has 0 fully saturated rings. The lowest BCUT2D eigenvalue weighted by Crippen LogP contribution is -2.38. The average Bonchev–Trinajstić information content (AvgIpc) is 2.23. The number of benzene rings is 1. The van der Waals surface area contributed by atoms with E-state index in [1.165, 1.54) is 0 Å². The zero-order chi connectivity index (χ0) is 14.6. The standard InChI is InChI=1S/C13H16INO4/c1-13(2,3)19-12(18)15-10(11(16)17)8-5-4-6-9(14)7-8/h4-7,10H,1-3H3,(H,15,18)(H,16,17)/t10-/m1/s1. The number of ether oxygens (including phenoxy) is 1. The Morgan fingerprint density at radius 1 is 1.37 bits per heavy atom. The van der Waals surface area contributed by atoms with Crippen molar-refractivity contribution in [1.29, 1.82) is 0 Å². The van der Waals surface area contributed by atoms with Crippen molar-refractivity contribution in [1.82, 2.24) is 5.32 Å². The summed E-state index contributed by atoms with van der Waals surface area (Å²) in [7, 11) is 0. The van der Waals surface area contributed by atoms with Crippen molar-refractivity contribution in [3.63, 3.8) is 0 Å². The van der Waals surface area contributed by atoms with E-state index in [4.69, 9.17) is 4.74 Å². The van der Waals surface area contributed by atoms with Crippen molar-refractivity contribution < 1.29 is 19.4 Å². The summed E-state index contributed by atoms with van der Waals surface area (Å²) in [5.41, 5.74) is -0.164. The van der Waals surface area contributed by atoms with Crippen molar-refractivity contribution in [2.24, 2.45) is 0 Å². The van der Waals surface area contributed by atoms with Gasteiger partial charge < -0.3 is 15.2 Å². The SMILES string of the molecule is CC(C)(C)OC(=O)N[C@@H](C(=O)O)c1cccc(I)c1. The van der Waals surface area contributed by atoms with Gasteiger partial charge >= 0.3 is 12.1 Å². The maximum atomic E-state index is 11.6. The zero-order valence-corrected chi connectivity index (χ0v) is 13.1. The molecule has 0 spiro atoms. The molecule has 0 radical (unpaired) electrons.